The number of nitrogens with zero attached hydrogens (tertiary/aromatic N) is 1. The van der Waals surface area contributed by atoms with E-state index < -0.39 is 0 Å². The van der Waals surface area contributed by atoms with Crippen LogP contribution in [0.1, 0.15) is 18.4 Å². The third kappa shape index (κ3) is 2.21. The van der Waals surface area contributed by atoms with Crippen molar-refractivity contribution in [3.63, 3.8) is 0 Å². The Morgan fingerprint density at radius 3 is 2.73 bits per heavy atom. The van der Waals surface area contributed by atoms with Gasteiger partial charge in [0.25, 0.3) is 0 Å². The van der Waals surface area contributed by atoms with Crippen molar-refractivity contribution in [2.45, 2.75) is 31.3 Å². The second kappa shape index (κ2) is 3.95. The monoisotopic (exact) mass is 202 g/mol. The molecule has 1 N–H and O–H groups in total. The molecule has 0 radical (unpaired) electrons. The van der Waals surface area contributed by atoms with Crippen LogP contribution in [0.4, 0.5) is 0 Å². The van der Waals surface area contributed by atoms with Gasteiger partial charge in [-0.3, -0.25) is 10.2 Å². The normalized spacial score (nSPS) is 27.1. The van der Waals surface area contributed by atoms with Crippen molar-refractivity contribution < 1.29 is 0 Å². The van der Waals surface area contributed by atoms with Gasteiger partial charge in [0.15, 0.2) is 0 Å². The van der Waals surface area contributed by atoms with Gasteiger partial charge in [-0.1, -0.05) is 30.3 Å². The molecule has 1 saturated heterocycles. The molecule has 0 amide bonds. The minimum absolute atomic E-state index is 0.660. The highest BCUT2D eigenvalue weighted by molar-refractivity contribution is 5.16. The van der Waals surface area contributed by atoms with Crippen molar-refractivity contribution in [3.05, 3.63) is 35.9 Å². The summed E-state index contributed by atoms with van der Waals surface area (Å²) in [5, 5.41) is 3.60. The molecule has 1 saturated carbocycles. The van der Waals surface area contributed by atoms with Crippen molar-refractivity contribution in [2.75, 3.05) is 13.2 Å². The summed E-state index contributed by atoms with van der Waals surface area (Å²) in [7, 11) is 0. The fourth-order valence-electron chi connectivity index (χ4n) is 2.41. The zero-order valence-electron chi connectivity index (χ0n) is 9.02. The molecule has 3 rings (SSSR count). The lowest BCUT2D eigenvalue weighted by Crippen LogP contribution is -2.26. The lowest BCUT2D eigenvalue weighted by Gasteiger charge is -2.13. The first-order valence-corrected chi connectivity index (χ1v) is 5.93. The predicted octanol–water partition coefficient (Wildman–Crippen LogP) is 1.62. The topological polar surface area (TPSA) is 15.3 Å². The summed E-state index contributed by atoms with van der Waals surface area (Å²) in [4.78, 5) is 2.59. The Morgan fingerprint density at radius 2 is 2.00 bits per heavy atom. The van der Waals surface area contributed by atoms with Gasteiger partial charge in [0.2, 0.25) is 0 Å². The second-order valence-electron chi connectivity index (χ2n) is 4.75. The zero-order valence-corrected chi connectivity index (χ0v) is 9.02. The Morgan fingerprint density at radius 1 is 1.20 bits per heavy atom. The van der Waals surface area contributed by atoms with Gasteiger partial charge < -0.3 is 0 Å². The molecule has 2 aliphatic rings. The van der Waals surface area contributed by atoms with E-state index in [0.29, 0.717) is 6.04 Å². The first-order valence-electron chi connectivity index (χ1n) is 5.93. The molecule has 0 aromatic heterocycles. The van der Waals surface area contributed by atoms with E-state index in [9.17, 15) is 0 Å². The molecule has 1 aromatic carbocycles. The highest BCUT2D eigenvalue weighted by Gasteiger charge is 2.33. The molecule has 2 heteroatoms. The van der Waals surface area contributed by atoms with Crippen molar-refractivity contribution in [1.82, 2.24) is 10.2 Å². The fraction of sp³-hybridized carbons (Fsp3) is 0.538. The second-order valence-corrected chi connectivity index (χ2v) is 4.75. The summed E-state index contributed by atoms with van der Waals surface area (Å²) < 4.78 is 0. The highest BCUT2D eigenvalue weighted by Crippen LogP contribution is 2.28. The van der Waals surface area contributed by atoms with Gasteiger partial charge in [-0.2, -0.15) is 0 Å². The quantitative estimate of drug-likeness (QED) is 0.801. The Labute approximate surface area is 91.3 Å². The lowest BCUT2D eigenvalue weighted by atomic mass is 10.1. The largest absolute Gasteiger partial charge is 0.300 e. The molecular formula is C13H18N2. The first-order chi connectivity index (χ1) is 7.42. The van der Waals surface area contributed by atoms with Crippen LogP contribution >= 0.6 is 0 Å². The molecule has 1 aliphatic carbocycles. The zero-order chi connectivity index (χ0) is 10.1. The van der Waals surface area contributed by atoms with Gasteiger partial charge in [-0.05, 0) is 24.8 Å². The van der Waals surface area contributed by atoms with E-state index in [1.165, 1.54) is 31.4 Å². The van der Waals surface area contributed by atoms with Crippen LogP contribution in [-0.2, 0) is 6.42 Å². The maximum Gasteiger partial charge on any atom is 0.0486 e. The molecule has 1 heterocycles. The van der Waals surface area contributed by atoms with Gasteiger partial charge in [0, 0.05) is 25.3 Å². The third-order valence-corrected chi connectivity index (χ3v) is 3.43. The van der Waals surface area contributed by atoms with Gasteiger partial charge in [-0.15, -0.1) is 0 Å². The minimum atomic E-state index is 0.660. The molecule has 15 heavy (non-hydrogen) atoms. The van der Waals surface area contributed by atoms with Crippen LogP contribution < -0.4 is 5.32 Å². The van der Waals surface area contributed by atoms with Crippen LogP contribution in [0.2, 0.25) is 0 Å². The van der Waals surface area contributed by atoms with E-state index in [0.717, 1.165) is 12.7 Å². The Bertz CT molecular complexity index is 319. The van der Waals surface area contributed by atoms with Gasteiger partial charge in [0.1, 0.15) is 0 Å². The number of nitrogens with one attached hydrogen (secondary N) is 1. The molecule has 0 bridgehead atoms. The van der Waals surface area contributed by atoms with Gasteiger partial charge >= 0.3 is 0 Å². The molecule has 1 atom stereocenters. The molecule has 0 spiro atoms. The van der Waals surface area contributed by atoms with Crippen LogP contribution in [0.3, 0.4) is 0 Å². The molecule has 1 unspecified atom stereocenters. The summed E-state index contributed by atoms with van der Waals surface area (Å²) in [6.45, 7) is 2.34. The molecular weight excluding hydrogens is 184 g/mol. The molecule has 80 valence electrons. The standard InChI is InChI=1S/C13H18N2/c1-2-4-11(5-3-1)8-12-9-15(10-14-12)13-6-7-13/h1-5,12-14H,6-10H2. The molecule has 2 nitrogen and oxygen atoms in total. The van der Waals surface area contributed by atoms with Crippen LogP contribution in [0.5, 0.6) is 0 Å². The van der Waals surface area contributed by atoms with E-state index in [4.69, 9.17) is 0 Å². The number of hydrogen-bond acceptors (Lipinski definition) is 2. The van der Waals surface area contributed by atoms with E-state index >= 15 is 0 Å². The first kappa shape index (κ1) is 9.37. The van der Waals surface area contributed by atoms with Crippen molar-refractivity contribution in [3.8, 4) is 0 Å². The third-order valence-electron chi connectivity index (χ3n) is 3.43. The minimum Gasteiger partial charge on any atom is -0.300 e. The SMILES string of the molecule is c1ccc(CC2CN(C3CC3)CN2)cc1. The number of rotatable bonds is 3. The van der Waals surface area contributed by atoms with Crippen LogP contribution in [0.15, 0.2) is 30.3 Å². The van der Waals surface area contributed by atoms with E-state index in [1.54, 1.807) is 0 Å². The van der Waals surface area contributed by atoms with E-state index in [2.05, 4.69) is 40.5 Å². The van der Waals surface area contributed by atoms with E-state index in [1.807, 2.05) is 0 Å². The smallest absolute Gasteiger partial charge is 0.0486 e. The highest BCUT2D eigenvalue weighted by atomic mass is 15.3. The average Bonchev–Trinajstić information content (AvgIpc) is 3.02. The fourth-order valence-corrected chi connectivity index (χ4v) is 2.41. The summed E-state index contributed by atoms with van der Waals surface area (Å²) in [5.41, 5.74) is 1.45. The Balaban J connectivity index is 1.56. The molecule has 1 aromatic rings. The predicted molar refractivity (Wildman–Crippen MR) is 61.7 cm³/mol. The van der Waals surface area contributed by atoms with Gasteiger partial charge in [-0.25, -0.2) is 0 Å². The van der Waals surface area contributed by atoms with Crippen LogP contribution in [0.25, 0.3) is 0 Å². The Hall–Kier alpha value is -0.860. The maximum absolute atomic E-state index is 3.60. The lowest BCUT2D eigenvalue weighted by molar-refractivity contribution is 0.320. The summed E-state index contributed by atoms with van der Waals surface area (Å²) >= 11 is 0. The molecule has 1 aliphatic heterocycles. The van der Waals surface area contributed by atoms with Crippen LogP contribution in [0, 0.1) is 0 Å². The summed E-state index contributed by atoms with van der Waals surface area (Å²) in [5.74, 6) is 0. The van der Waals surface area contributed by atoms with Crippen molar-refractivity contribution in [1.29, 1.82) is 0 Å². The Kier molecular flexibility index (Phi) is 2.47. The number of benzene rings is 1. The van der Waals surface area contributed by atoms with Crippen molar-refractivity contribution in [2.24, 2.45) is 0 Å². The summed E-state index contributed by atoms with van der Waals surface area (Å²) in [6.07, 6.45) is 4.00. The molecule has 2 fully saturated rings. The summed E-state index contributed by atoms with van der Waals surface area (Å²) in [6, 6.07) is 12.3. The van der Waals surface area contributed by atoms with Crippen molar-refractivity contribution >= 4 is 0 Å². The van der Waals surface area contributed by atoms with E-state index in [-0.39, 0.29) is 0 Å². The van der Waals surface area contributed by atoms with Crippen LogP contribution in [-0.4, -0.2) is 30.2 Å². The maximum atomic E-state index is 3.60. The van der Waals surface area contributed by atoms with Gasteiger partial charge in [0.05, 0.1) is 0 Å². The average molecular weight is 202 g/mol. The number of hydrogen-bond donors (Lipinski definition) is 1.